The van der Waals surface area contributed by atoms with Crippen molar-refractivity contribution in [3.05, 3.63) is 23.5 Å². The molecule has 1 amide bonds. The van der Waals surface area contributed by atoms with Gasteiger partial charge in [0, 0.05) is 38.4 Å². The van der Waals surface area contributed by atoms with Crippen LogP contribution in [0, 0.1) is 0 Å². The minimum atomic E-state index is -3.65. The molecule has 1 fully saturated rings. The SMILES string of the molecule is CC(=O)NC1CCN(S(=O)(=O)c2cnccc2Cl)C1. The van der Waals surface area contributed by atoms with Crippen LogP contribution in [0.2, 0.25) is 5.02 Å². The Hall–Kier alpha value is -1.18. The molecular weight excluding hydrogens is 290 g/mol. The summed E-state index contributed by atoms with van der Waals surface area (Å²) in [4.78, 5) is 14.8. The molecule has 1 aliphatic heterocycles. The number of nitrogens with one attached hydrogen (secondary N) is 1. The van der Waals surface area contributed by atoms with Gasteiger partial charge in [0.25, 0.3) is 0 Å². The highest BCUT2D eigenvalue weighted by atomic mass is 35.5. The standard InChI is InChI=1S/C11H14ClN3O3S/c1-8(16)14-9-3-5-15(7-9)19(17,18)11-6-13-4-2-10(11)12/h2,4,6,9H,3,5,7H2,1H3,(H,14,16). The maximum Gasteiger partial charge on any atom is 0.246 e. The van der Waals surface area contributed by atoms with Gasteiger partial charge < -0.3 is 5.32 Å². The average molecular weight is 304 g/mol. The van der Waals surface area contributed by atoms with Crippen LogP contribution in [0.3, 0.4) is 0 Å². The Morgan fingerprint density at radius 3 is 2.95 bits per heavy atom. The van der Waals surface area contributed by atoms with Crippen LogP contribution in [-0.2, 0) is 14.8 Å². The monoisotopic (exact) mass is 303 g/mol. The van der Waals surface area contributed by atoms with Crippen molar-refractivity contribution in [3.63, 3.8) is 0 Å². The second kappa shape index (κ2) is 5.44. The summed E-state index contributed by atoms with van der Waals surface area (Å²) in [5, 5.41) is 2.87. The van der Waals surface area contributed by atoms with Gasteiger partial charge in [-0.15, -0.1) is 0 Å². The first kappa shape index (κ1) is 14.2. The van der Waals surface area contributed by atoms with Crippen molar-refractivity contribution in [3.8, 4) is 0 Å². The summed E-state index contributed by atoms with van der Waals surface area (Å²) in [7, 11) is -3.65. The van der Waals surface area contributed by atoms with Crippen LogP contribution in [0.4, 0.5) is 0 Å². The molecule has 8 heteroatoms. The third-order valence-electron chi connectivity index (χ3n) is 2.91. The molecule has 104 valence electrons. The van der Waals surface area contributed by atoms with Crippen LogP contribution in [0.5, 0.6) is 0 Å². The van der Waals surface area contributed by atoms with Gasteiger partial charge in [-0.1, -0.05) is 11.6 Å². The maximum absolute atomic E-state index is 12.4. The molecule has 6 nitrogen and oxygen atoms in total. The Kier molecular flexibility index (Phi) is 4.07. The highest BCUT2D eigenvalue weighted by Gasteiger charge is 2.34. The second-order valence-electron chi connectivity index (χ2n) is 4.36. The van der Waals surface area contributed by atoms with Crippen molar-refractivity contribution in [1.82, 2.24) is 14.6 Å². The minimum absolute atomic E-state index is 0.000131. The van der Waals surface area contributed by atoms with Gasteiger partial charge in [-0.2, -0.15) is 4.31 Å². The molecule has 1 saturated heterocycles. The fourth-order valence-corrected chi connectivity index (χ4v) is 3.95. The van der Waals surface area contributed by atoms with Crippen molar-refractivity contribution in [2.75, 3.05) is 13.1 Å². The van der Waals surface area contributed by atoms with E-state index >= 15 is 0 Å². The number of carbonyl (C=O) groups excluding carboxylic acids is 1. The zero-order valence-corrected chi connectivity index (χ0v) is 11.9. The molecule has 2 rings (SSSR count). The van der Waals surface area contributed by atoms with E-state index in [1.165, 1.54) is 29.7 Å². The molecule has 1 unspecified atom stereocenters. The molecule has 0 bridgehead atoms. The lowest BCUT2D eigenvalue weighted by Gasteiger charge is -2.17. The van der Waals surface area contributed by atoms with Crippen LogP contribution in [0.25, 0.3) is 0 Å². The summed E-state index contributed by atoms with van der Waals surface area (Å²) in [6, 6.07) is 1.29. The fourth-order valence-electron chi connectivity index (χ4n) is 2.04. The summed E-state index contributed by atoms with van der Waals surface area (Å²) >= 11 is 5.89. The van der Waals surface area contributed by atoms with Crippen LogP contribution in [-0.4, -0.2) is 42.7 Å². The molecule has 0 radical (unpaired) electrons. The zero-order valence-electron chi connectivity index (χ0n) is 10.3. The molecule has 0 aromatic carbocycles. The fraction of sp³-hybridized carbons (Fsp3) is 0.455. The third-order valence-corrected chi connectivity index (χ3v) is 5.24. The number of hydrogen-bond acceptors (Lipinski definition) is 4. The van der Waals surface area contributed by atoms with Gasteiger partial charge in [-0.25, -0.2) is 8.42 Å². The predicted molar refractivity (Wildman–Crippen MR) is 70.2 cm³/mol. The van der Waals surface area contributed by atoms with Crippen LogP contribution in [0.15, 0.2) is 23.4 Å². The Balaban J connectivity index is 2.19. The molecule has 0 saturated carbocycles. The normalized spacial score (nSPS) is 20.4. The van der Waals surface area contributed by atoms with Gasteiger partial charge in [-0.05, 0) is 12.5 Å². The van der Waals surface area contributed by atoms with Gasteiger partial charge in [0.2, 0.25) is 15.9 Å². The topological polar surface area (TPSA) is 79.4 Å². The van der Waals surface area contributed by atoms with Gasteiger partial charge in [0.15, 0.2) is 0 Å². The van der Waals surface area contributed by atoms with E-state index in [1.807, 2.05) is 0 Å². The maximum atomic E-state index is 12.4. The number of rotatable bonds is 3. The molecule has 1 aromatic heterocycles. The number of halogens is 1. The second-order valence-corrected chi connectivity index (χ2v) is 6.67. The first-order valence-electron chi connectivity index (χ1n) is 5.78. The average Bonchev–Trinajstić information content (AvgIpc) is 2.77. The van der Waals surface area contributed by atoms with E-state index < -0.39 is 10.0 Å². The summed E-state index contributed by atoms with van der Waals surface area (Å²) in [6.07, 6.45) is 3.27. The summed E-state index contributed by atoms with van der Waals surface area (Å²) in [5.74, 6) is -0.163. The minimum Gasteiger partial charge on any atom is -0.352 e. The summed E-state index contributed by atoms with van der Waals surface area (Å²) in [6.45, 7) is 2.03. The predicted octanol–water partition coefficient (Wildman–Crippen LogP) is 0.634. The van der Waals surface area contributed by atoms with Crippen molar-refractivity contribution in [2.45, 2.75) is 24.3 Å². The lowest BCUT2D eigenvalue weighted by molar-refractivity contribution is -0.119. The number of nitrogens with zero attached hydrogens (tertiary/aromatic N) is 2. The number of hydrogen-bond donors (Lipinski definition) is 1. The molecule has 1 aromatic rings. The Labute approximate surface area is 116 Å². The number of sulfonamides is 1. The van der Waals surface area contributed by atoms with Crippen LogP contribution < -0.4 is 5.32 Å². The molecule has 0 aliphatic carbocycles. The van der Waals surface area contributed by atoms with Crippen molar-refractivity contribution in [1.29, 1.82) is 0 Å². The van der Waals surface area contributed by atoms with E-state index in [9.17, 15) is 13.2 Å². The molecule has 1 aliphatic rings. The lowest BCUT2D eigenvalue weighted by Crippen LogP contribution is -2.37. The van der Waals surface area contributed by atoms with Gasteiger partial charge in [0.05, 0.1) is 5.02 Å². The van der Waals surface area contributed by atoms with E-state index in [1.54, 1.807) is 0 Å². The smallest absolute Gasteiger partial charge is 0.246 e. The largest absolute Gasteiger partial charge is 0.352 e. The highest BCUT2D eigenvalue weighted by molar-refractivity contribution is 7.89. The van der Waals surface area contributed by atoms with Crippen molar-refractivity contribution < 1.29 is 13.2 Å². The number of carbonyl (C=O) groups is 1. The van der Waals surface area contributed by atoms with Crippen LogP contribution in [0.1, 0.15) is 13.3 Å². The van der Waals surface area contributed by atoms with E-state index in [2.05, 4.69) is 10.3 Å². The van der Waals surface area contributed by atoms with E-state index in [4.69, 9.17) is 11.6 Å². The molecule has 19 heavy (non-hydrogen) atoms. The Morgan fingerprint density at radius 1 is 1.58 bits per heavy atom. The van der Waals surface area contributed by atoms with E-state index in [0.717, 1.165) is 0 Å². The molecular formula is C11H14ClN3O3S. The summed E-state index contributed by atoms with van der Waals surface area (Å²) < 4.78 is 26.1. The van der Waals surface area contributed by atoms with E-state index in [0.29, 0.717) is 13.0 Å². The van der Waals surface area contributed by atoms with Crippen molar-refractivity contribution >= 4 is 27.5 Å². The first-order chi connectivity index (χ1) is 8.91. The molecule has 2 heterocycles. The molecule has 1 atom stereocenters. The molecule has 1 N–H and O–H groups in total. The third kappa shape index (κ3) is 3.05. The van der Waals surface area contributed by atoms with Crippen molar-refractivity contribution in [2.24, 2.45) is 0 Å². The van der Waals surface area contributed by atoms with E-state index in [-0.39, 0.29) is 28.4 Å². The van der Waals surface area contributed by atoms with Gasteiger partial charge >= 0.3 is 0 Å². The Morgan fingerprint density at radius 2 is 2.32 bits per heavy atom. The first-order valence-corrected chi connectivity index (χ1v) is 7.60. The van der Waals surface area contributed by atoms with Gasteiger partial charge in [0.1, 0.15) is 4.90 Å². The zero-order chi connectivity index (χ0) is 14.0. The van der Waals surface area contributed by atoms with Crippen LogP contribution >= 0.6 is 11.6 Å². The number of aromatic nitrogens is 1. The quantitative estimate of drug-likeness (QED) is 0.888. The highest BCUT2D eigenvalue weighted by Crippen LogP contribution is 2.26. The number of pyridine rings is 1. The molecule has 0 spiro atoms. The Bertz CT molecular complexity index is 591. The summed E-state index contributed by atoms with van der Waals surface area (Å²) in [5.41, 5.74) is 0. The lowest BCUT2D eigenvalue weighted by atomic mass is 10.3. The van der Waals surface area contributed by atoms with Gasteiger partial charge in [-0.3, -0.25) is 9.78 Å². The number of amides is 1.